The molecular formula is C16H17N3OS. The van der Waals surface area contributed by atoms with Crippen LogP contribution in [0.1, 0.15) is 17.0 Å². The van der Waals surface area contributed by atoms with Gasteiger partial charge in [0.2, 0.25) is 0 Å². The molecule has 0 unspecified atom stereocenters. The molecule has 0 spiro atoms. The van der Waals surface area contributed by atoms with Gasteiger partial charge in [0.05, 0.1) is 23.4 Å². The van der Waals surface area contributed by atoms with Crippen molar-refractivity contribution in [2.45, 2.75) is 24.2 Å². The molecule has 2 aromatic heterocycles. The molecule has 5 heteroatoms. The van der Waals surface area contributed by atoms with Crippen molar-refractivity contribution in [2.24, 2.45) is 5.73 Å². The second-order valence-corrected chi connectivity index (χ2v) is 5.65. The third-order valence-electron chi connectivity index (χ3n) is 3.27. The fraction of sp³-hybridized carbons (Fsp3) is 0.188. The number of para-hydroxylation sites is 1. The Labute approximate surface area is 128 Å². The summed E-state index contributed by atoms with van der Waals surface area (Å²) < 4.78 is 7.36. The molecule has 108 valence electrons. The second kappa shape index (κ2) is 6.20. The van der Waals surface area contributed by atoms with Crippen molar-refractivity contribution in [3.63, 3.8) is 0 Å². The number of aryl methyl sites for hydroxylation is 1. The smallest absolute Gasteiger partial charge is 0.114 e. The molecule has 2 heterocycles. The van der Waals surface area contributed by atoms with E-state index in [1.54, 1.807) is 18.0 Å². The Morgan fingerprint density at radius 1 is 1.19 bits per heavy atom. The Hall–Kier alpha value is -1.98. The highest BCUT2D eigenvalue weighted by Gasteiger charge is 2.16. The number of aromatic nitrogens is 2. The van der Waals surface area contributed by atoms with Crippen LogP contribution in [0.25, 0.3) is 5.69 Å². The molecule has 3 rings (SSSR count). The molecule has 0 saturated heterocycles. The first kappa shape index (κ1) is 14.0. The van der Waals surface area contributed by atoms with Crippen LogP contribution < -0.4 is 5.73 Å². The highest BCUT2D eigenvalue weighted by molar-refractivity contribution is 7.98. The largest absolute Gasteiger partial charge is 0.468 e. The minimum atomic E-state index is 0.485. The number of hydrogen-bond donors (Lipinski definition) is 1. The van der Waals surface area contributed by atoms with Gasteiger partial charge in [-0.3, -0.25) is 0 Å². The lowest BCUT2D eigenvalue weighted by molar-refractivity contribution is 0.530. The molecule has 0 aliphatic heterocycles. The molecule has 0 bridgehead atoms. The van der Waals surface area contributed by atoms with E-state index in [4.69, 9.17) is 10.2 Å². The van der Waals surface area contributed by atoms with Crippen LogP contribution in [-0.4, -0.2) is 9.78 Å². The molecule has 0 saturated carbocycles. The summed E-state index contributed by atoms with van der Waals surface area (Å²) in [4.78, 5) is 0. The van der Waals surface area contributed by atoms with E-state index >= 15 is 0 Å². The molecule has 0 radical (unpaired) electrons. The van der Waals surface area contributed by atoms with E-state index in [-0.39, 0.29) is 0 Å². The zero-order valence-corrected chi connectivity index (χ0v) is 12.6. The summed E-state index contributed by atoms with van der Waals surface area (Å²) in [5, 5.41) is 5.72. The molecule has 0 amide bonds. The topological polar surface area (TPSA) is 57.0 Å². The number of hydrogen-bond acceptors (Lipinski definition) is 4. The number of rotatable bonds is 5. The molecule has 4 nitrogen and oxygen atoms in total. The van der Waals surface area contributed by atoms with E-state index in [0.717, 1.165) is 33.5 Å². The zero-order chi connectivity index (χ0) is 14.7. The van der Waals surface area contributed by atoms with E-state index in [1.807, 2.05) is 54.1 Å². The standard InChI is InChI=1S/C16H17N3OS/c1-12-15(10-17)16(21-11-14-8-5-9-20-14)19(18-12)13-6-3-2-4-7-13/h2-9H,10-11,17H2,1H3. The summed E-state index contributed by atoms with van der Waals surface area (Å²) in [5.74, 6) is 1.71. The van der Waals surface area contributed by atoms with Gasteiger partial charge in [-0.15, -0.1) is 0 Å². The number of thioether (sulfide) groups is 1. The van der Waals surface area contributed by atoms with Crippen molar-refractivity contribution >= 4 is 11.8 Å². The first-order chi connectivity index (χ1) is 10.3. The average Bonchev–Trinajstić information content (AvgIpc) is 3.13. The van der Waals surface area contributed by atoms with Gasteiger partial charge in [0.25, 0.3) is 0 Å². The summed E-state index contributed by atoms with van der Waals surface area (Å²) in [6, 6.07) is 14.0. The minimum absolute atomic E-state index is 0.485. The molecule has 3 aromatic rings. The Balaban J connectivity index is 1.96. The van der Waals surface area contributed by atoms with Gasteiger partial charge in [-0.05, 0) is 31.2 Å². The van der Waals surface area contributed by atoms with E-state index < -0.39 is 0 Å². The van der Waals surface area contributed by atoms with Gasteiger partial charge in [-0.25, -0.2) is 4.68 Å². The van der Waals surface area contributed by atoms with Crippen molar-refractivity contribution in [2.75, 3.05) is 0 Å². The fourth-order valence-corrected chi connectivity index (χ4v) is 3.32. The van der Waals surface area contributed by atoms with Crippen LogP contribution in [0.3, 0.4) is 0 Å². The first-order valence-electron chi connectivity index (χ1n) is 6.78. The van der Waals surface area contributed by atoms with E-state index in [1.165, 1.54) is 0 Å². The van der Waals surface area contributed by atoms with Crippen LogP contribution in [0.4, 0.5) is 0 Å². The van der Waals surface area contributed by atoms with Crippen LogP contribution >= 0.6 is 11.8 Å². The van der Waals surface area contributed by atoms with Gasteiger partial charge in [0.1, 0.15) is 10.8 Å². The highest BCUT2D eigenvalue weighted by Crippen LogP contribution is 2.30. The quantitative estimate of drug-likeness (QED) is 0.732. The SMILES string of the molecule is Cc1nn(-c2ccccc2)c(SCc2ccco2)c1CN. The number of nitrogens with zero attached hydrogens (tertiary/aromatic N) is 2. The van der Waals surface area contributed by atoms with E-state index in [2.05, 4.69) is 5.10 Å². The first-order valence-corrected chi connectivity index (χ1v) is 7.77. The van der Waals surface area contributed by atoms with Gasteiger partial charge in [0.15, 0.2) is 0 Å². The third-order valence-corrected chi connectivity index (χ3v) is 4.40. The van der Waals surface area contributed by atoms with Crippen molar-refractivity contribution in [3.8, 4) is 5.69 Å². The third kappa shape index (κ3) is 2.89. The zero-order valence-electron chi connectivity index (χ0n) is 11.8. The molecule has 0 aliphatic carbocycles. The predicted molar refractivity (Wildman–Crippen MR) is 84.5 cm³/mol. The Kier molecular flexibility index (Phi) is 4.13. The van der Waals surface area contributed by atoms with Crippen molar-refractivity contribution < 1.29 is 4.42 Å². The Morgan fingerprint density at radius 3 is 2.67 bits per heavy atom. The monoisotopic (exact) mass is 299 g/mol. The van der Waals surface area contributed by atoms with Gasteiger partial charge < -0.3 is 10.2 Å². The lowest BCUT2D eigenvalue weighted by Gasteiger charge is -2.08. The predicted octanol–water partition coefficient (Wildman–Crippen LogP) is 3.52. The van der Waals surface area contributed by atoms with Gasteiger partial charge in [0, 0.05) is 12.1 Å². The molecule has 21 heavy (non-hydrogen) atoms. The van der Waals surface area contributed by atoms with Crippen molar-refractivity contribution in [3.05, 3.63) is 65.7 Å². The van der Waals surface area contributed by atoms with Crippen LogP contribution in [-0.2, 0) is 12.3 Å². The van der Waals surface area contributed by atoms with Crippen molar-refractivity contribution in [1.82, 2.24) is 9.78 Å². The fourth-order valence-electron chi connectivity index (χ4n) is 2.20. The summed E-state index contributed by atoms with van der Waals surface area (Å²) in [5.41, 5.74) is 9.01. The van der Waals surface area contributed by atoms with Crippen LogP contribution in [0.2, 0.25) is 0 Å². The summed E-state index contributed by atoms with van der Waals surface area (Å²) in [6.07, 6.45) is 1.69. The van der Waals surface area contributed by atoms with Crippen LogP contribution in [0.5, 0.6) is 0 Å². The lowest BCUT2D eigenvalue weighted by Crippen LogP contribution is -2.01. The number of nitrogens with two attached hydrogens (primary N) is 1. The molecular weight excluding hydrogens is 282 g/mol. The number of furan rings is 1. The van der Waals surface area contributed by atoms with Gasteiger partial charge in [-0.2, -0.15) is 5.10 Å². The lowest BCUT2D eigenvalue weighted by atomic mass is 10.3. The van der Waals surface area contributed by atoms with E-state index in [9.17, 15) is 0 Å². The Morgan fingerprint density at radius 2 is 2.00 bits per heavy atom. The van der Waals surface area contributed by atoms with Gasteiger partial charge >= 0.3 is 0 Å². The maximum absolute atomic E-state index is 5.90. The number of benzene rings is 1. The summed E-state index contributed by atoms with van der Waals surface area (Å²) in [6.45, 7) is 2.48. The normalized spacial score (nSPS) is 11.0. The maximum atomic E-state index is 5.90. The highest BCUT2D eigenvalue weighted by atomic mass is 32.2. The summed E-state index contributed by atoms with van der Waals surface area (Å²) >= 11 is 1.70. The van der Waals surface area contributed by atoms with E-state index in [0.29, 0.717) is 6.54 Å². The molecule has 2 N–H and O–H groups in total. The molecule has 0 aliphatic rings. The molecule has 1 aromatic carbocycles. The molecule has 0 fully saturated rings. The average molecular weight is 299 g/mol. The minimum Gasteiger partial charge on any atom is -0.468 e. The van der Waals surface area contributed by atoms with Gasteiger partial charge in [-0.1, -0.05) is 30.0 Å². The van der Waals surface area contributed by atoms with Crippen LogP contribution in [0, 0.1) is 6.92 Å². The summed E-state index contributed by atoms with van der Waals surface area (Å²) in [7, 11) is 0. The van der Waals surface area contributed by atoms with Crippen LogP contribution in [0.15, 0.2) is 58.2 Å². The second-order valence-electron chi connectivity index (χ2n) is 4.69. The Bertz CT molecular complexity index is 705. The van der Waals surface area contributed by atoms with Crippen molar-refractivity contribution in [1.29, 1.82) is 0 Å². The maximum Gasteiger partial charge on any atom is 0.114 e. The molecule has 0 atom stereocenters.